The summed E-state index contributed by atoms with van der Waals surface area (Å²) in [5, 5.41) is 10.6. The van der Waals surface area contributed by atoms with E-state index in [2.05, 4.69) is 128 Å². The van der Waals surface area contributed by atoms with E-state index in [1.807, 2.05) is 195 Å². The molecule has 0 saturated heterocycles. The number of nitrogens with two attached hydrogens (primary N) is 1. The van der Waals surface area contributed by atoms with E-state index in [1.165, 1.54) is 27.5 Å². The zero-order valence-electron chi connectivity index (χ0n) is 62.7. The molecule has 1 aliphatic carbocycles. The number of rotatable bonds is 30. The van der Waals surface area contributed by atoms with Crippen LogP contribution in [0.4, 0.5) is 0 Å². The first kappa shape index (κ1) is 77.9. The normalized spacial score (nSPS) is 13.4. The lowest BCUT2D eigenvalue weighted by Crippen LogP contribution is -2.47. The van der Waals surface area contributed by atoms with Crippen LogP contribution in [-0.4, -0.2) is 109 Å². The Morgan fingerprint density at radius 3 is 1.30 bits per heavy atom. The fraction of sp³-hybridized carbons (Fsp3) is 0.367. The minimum Gasteiger partial charge on any atom is -0.488 e. The molecule has 0 radical (unpaired) electrons. The van der Waals surface area contributed by atoms with Crippen LogP contribution >= 0.6 is 0 Å². The quantitative estimate of drug-likeness (QED) is 0.0414. The van der Waals surface area contributed by atoms with Gasteiger partial charge >= 0.3 is 5.97 Å². The number of amides is 2. The molecule has 5 atom stereocenters. The summed E-state index contributed by atoms with van der Waals surface area (Å²) in [6, 6.07) is 75.4. The van der Waals surface area contributed by atoms with Crippen LogP contribution in [0.25, 0.3) is 43.4 Å². The summed E-state index contributed by atoms with van der Waals surface area (Å²) in [5.74, 6) is 0.311. The Labute approximate surface area is 612 Å². The molecular formula is C90H108N4O9. The van der Waals surface area contributed by atoms with Gasteiger partial charge in [-0.3, -0.25) is 14.4 Å². The van der Waals surface area contributed by atoms with Gasteiger partial charge in [-0.15, -0.1) is 0 Å². The van der Waals surface area contributed by atoms with E-state index in [0.717, 1.165) is 86.1 Å². The molecule has 0 aromatic heterocycles. The van der Waals surface area contributed by atoms with Crippen LogP contribution in [0.5, 0.6) is 11.5 Å². The van der Waals surface area contributed by atoms with E-state index in [9.17, 15) is 14.4 Å². The van der Waals surface area contributed by atoms with Gasteiger partial charge in [0, 0.05) is 65.0 Å². The SMILES string of the molecule is CCOC(C)CN(Cc1cccc2ccccc12)C(=O)[C@@H](CC(=O)OCC1c2ccccc2-c2ccccc21)Cc1ccc(OC(C)(C)C)cc1.CCOC(C)CN(Cc1cccc2ccccc12)C(=O)[C@@H](N)Cc1ccc(OC(C)(C)C)cc1.CCOC(C)CNCc1cccc2ccccc12. The van der Waals surface area contributed by atoms with Crippen LogP contribution in [0.2, 0.25) is 0 Å². The van der Waals surface area contributed by atoms with E-state index < -0.39 is 12.0 Å². The number of hydrogen-bond acceptors (Lipinski definition) is 11. The number of ether oxygens (including phenoxy) is 6. The second-order valence-corrected chi connectivity index (χ2v) is 28.8. The third kappa shape index (κ3) is 23.1. The van der Waals surface area contributed by atoms with Gasteiger partial charge in [0.1, 0.15) is 29.3 Å². The van der Waals surface area contributed by atoms with E-state index in [4.69, 9.17) is 34.2 Å². The van der Waals surface area contributed by atoms with Crippen LogP contribution in [0, 0.1) is 5.92 Å². The molecule has 0 spiro atoms. The van der Waals surface area contributed by atoms with Crippen LogP contribution in [0.1, 0.15) is 134 Å². The maximum absolute atomic E-state index is 14.7. The highest BCUT2D eigenvalue weighted by molar-refractivity contribution is 5.89. The van der Waals surface area contributed by atoms with Crippen LogP contribution in [0.15, 0.2) is 224 Å². The summed E-state index contributed by atoms with van der Waals surface area (Å²) in [6.45, 7) is 29.8. The second kappa shape index (κ2) is 37.8. The minimum atomic E-state index is -0.641. The molecule has 0 heterocycles. The van der Waals surface area contributed by atoms with Crippen molar-refractivity contribution in [1.29, 1.82) is 0 Å². The largest absolute Gasteiger partial charge is 0.488 e. The van der Waals surface area contributed by atoms with E-state index in [1.54, 1.807) is 0 Å². The number of carbonyl (C=O) groups is 3. The fourth-order valence-corrected chi connectivity index (χ4v) is 13.6. The van der Waals surface area contributed by atoms with E-state index in [-0.39, 0.29) is 66.2 Å². The topological polar surface area (TPSA) is 151 Å². The number of hydrogen-bond donors (Lipinski definition) is 2. The van der Waals surface area contributed by atoms with Gasteiger partial charge in [-0.1, -0.05) is 200 Å². The third-order valence-corrected chi connectivity index (χ3v) is 18.1. The number of carbonyl (C=O) groups excluding carboxylic acids is 3. The minimum absolute atomic E-state index is 0.0376. The average molecular weight is 1390 g/mol. The number of benzene rings is 10. The molecule has 542 valence electrons. The Bertz CT molecular complexity index is 4270. The first-order chi connectivity index (χ1) is 49.6. The molecule has 2 amide bonds. The van der Waals surface area contributed by atoms with Gasteiger partial charge in [0.05, 0.1) is 36.7 Å². The third-order valence-electron chi connectivity index (χ3n) is 18.1. The molecule has 3 N–H and O–H groups in total. The lowest BCUT2D eigenvalue weighted by atomic mass is 9.93. The summed E-state index contributed by atoms with van der Waals surface area (Å²) in [7, 11) is 0. The predicted octanol–water partition coefficient (Wildman–Crippen LogP) is 18.1. The first-order valence-electron chi connectivity index (χ1n) is 36.7. The van der Waals surface area contributed by atoms with Gasteiger partial charge in [-0.25, -0.2) is 0 Å². The van der Waals surface area contributed by atoms with Crippen molar-refractivity contribution in [2.24, 2.45) is 11.7 Å². The summed E-state index contributed by atoms with van der Waals surface area (Å²) in [4.78, 5) is 45.7. The van der Waals surface area contributed by atoms with Gasteiger partial charge in [0.25, 0.3) is 0 Å². The van der Waals surface area contributed by atoms with E-state index >= 15 is 0 Å². The zero-order valence-corrected chi connectivity index (χ0v) is 62.7. The van der Waals surface area contributed by atoms with Gasteiger partial charge in [-0.2, -0.15) is 0 Å². The van der Waals surface area contributed by atoms with Crippen molar-refractivity contribution < 1.29 is 42.8 Å². The molecule has 1 aliphatic rings. The molecule has 0 saturated carbocycles. The van der Waals surface area contributed by atoms with Crippen molar-refractivity contribution in [3.05, 3.63) is 263 Å². The van der Waals surface area contributed by atoms with E-state index in [0.29, 0.717) is 52.2 Å². The van der Waals surface area contributed by atoms with Crippen LogP contribution in [0.3, 0.4) is 0 Å². The van der Waals surface area contributed by atoms with Gasteiger partial charge in [0.15, 0.2) is 0 Å². The molecule has 13 nitrogen and oxygen atoms in total. The summed E-state index contributed by atoms with van der Waals surface area (Å²) in [6.07, 6.45) is 0.814. The Morgan fingerprint density at radius 2 is 0.845 bits per heavy atom. The number of nitrogens with one attached hydrogen (secondary N) is 1. The average Bonchev–Trinajstić information content (AvgIpc) is 1.62. The molecule has 13 heteroatoms. The predicted molar refractivity (Wildman–Crippen MR) is 419 cm³/mol. The fourth-order valence-electron chi connectivity index (χ4n) is 13.6. The highest BCUT2D eigenvalue weighted by atomic mass is 16.5. The monoisotopic (exact) mass is 1390 g/mol. The smallest absolute Gasteiger partial charge is 0.306 e. The molecule has 103 heavy (non-hydrogen) atoms. The zero-order chi connectivity index (χ0) is 73.5. The maximum atomic E-state index is 14.7. The second-order valence-electron chi connectivity index (χ2n) is 28.8. The molecule has 0 bridgehead atoms. The summed E-state index contributed by atoms with van der Waals surface area (Å²) in [5.41, 5.74) is 16.0. The van der Waals surface area contributed by atoms with Crippen LogP contribution in [-0.2, 0) is 65.8 Å². The molecule has 0 aliphatic heterocycles. The molecule has 3 unspecified atom stereocenters. The van der Waals surface area contributed by atoms with Crippen molar-refractivity contribution in [2.45, 2.75) is 163 Å². The number of esters is 1. The van der Waals surface area contributed by atoms with Crippen molar-refractivity contribution in [2.75, 3.05) is 46.1 Å². The Kier molecular flexibility index (Phi) is 28.6. The maximum Gasteiger partial charge on any atom is 0.306 e. The van der Waals surface area contributed by atoms with Crippen molar-refractivity contribution >= 4 is 50.1 Å². The van der Waals surface area contributed by atoms with Crippen LogP contribution < -0.4 is 20.5 Å². The molecule has 0 fully saturated rings. The summed E-state index contributed by atoms with van der Waals surface area (Å²) >= 11 is 0. The lowest BCUT2D eigenvalue weighted by molar-refractivity contribution is -0.150. The highest BCUT2D eigenvalue weighted by Crippen LogP contribution is 2.45. The molecular weight excluding hydrogens is 1280 g/mol. The Hall–Kier alpha value is -9.21. The van der Waals surface area contributed by atoms with Gasteiger partial charge < -0.3 is 49.3 Å². The number of nitrogens with zero attached hydrogens (tertiary/aromatic N) is 2. The lowest BCUT2D eigenvalue weighted by Gasteiger charge is -2.30. The standard InChI is InChI=1S/C45H49NO5.C29H38N2O3.C16H21NO/c1-6-49-31(2)28-46(29-34-16-13-15-33-14-7-8-17-37(33)34)44(48)35(26-32-22-24-36(25-23-32)51-45(3,4)5)27-43(47)50-30-42-40-20-11-9-18-38(40)39-19-10-12-21-41(39)42;1-6-33-21(2)19-31(20-24-12-9-11-23-10-7-8-13-26(23)24)28(32)27(30)18-22-14-16-25(17-15-22)34-29(3,4)5;1-3-18-13(2)11-17-12-15-9-6-8-14-7-4-5-10-16(14)15/h7-25,31,35,42H,6,26-30H2,1-5H3;7-17,21,27H,6,18-20,30H2,1-5H3;4-10,13,17H,3,11-12H2,1-2H3/t31?,35-;21?,27-;/m10./s1. The van der Waals surface area contributed by atoms with Crippen molar-refractivity contribution in [3.8, 4) is 22.6 Å². The molecule has 10 aromatic rings. The van der Waals surface area contributed by atoms with Crippen molar-refractivity contribution in [1.82, 2.24) is 15.1 Å². The van der Waals surface area contributed by atoms with Crippen molar-refractivity contribution in [3.63, 3.8) is 0 Å². The Morgan fingerprint density at radius 1 is 0.456 bits per heavy atom. The highest BCUT2D eigenvalue weighted by Gasteiger charge is 2.33. The van der Waals surface area contributed by atoms with Gasteiger partial charge in [-0.05, 0) is 203 Å². The molecule has 10 aromatic carbocycles. The molecule has 11 rings (SSSR count). The first-order valence-corrected chi connectivity index (χ1v) is 36.7. The number of fused-ring (bicyclic) bond motifs is 6. The van der Waals surface area contributed by atoms with Gasteiger partial charge in [0.2, 0.25) is 11.8 Å². The summed E-state index contributed by atoms with van der Waals surface area (Å²) < 4.78 is 35.2. The Balaban J connectivity index is 0.000000202.